The highest BCUT2D eigenvalue weighted by Crippen LogP contribution is 2.65. The Kier molecular flexibility index (Phi) is 3.44. The maximum Gasteiger partial charge on any atom is 0.416 e. The van der Waals surface area contributed by atoms with Gasteiger partial charge in [-0.15, -0.1) is 0 Å². The molecule has 8 heteroatoms. The fourth-order valence-electron chi connectivity index (χ4n) is 2.55. The van der Waals surface area contributed by atoms with Crippen molar-refractivity contribution in [2.45, 2.75) is 22.9 Å². The van der Waals surface area contributed by atoms with E-state index in [2.05, 4.69) is 0 Å². The molecule has 1 heterocycles. The molecule has 0 atom stereocenters. The second-order valence-corrected chi connectivity index (χ2v) is 6.89. The van der Waals surface area contributed by atoms with Crippen LogP contribution in [0.25, 0.3) is 0 Å². The minimum Gasteiger partial charge on any atom is -0.792 e. The molecule has 0 aromatic heterocycles. The molecule has 0 aliphatic carbocycles. The lowest BCUT2D eigenvalue weighted by molar-refractivity contribution is -0.137. The van der Waals surface area contributed by atoms with Crippen molar-refractivity contribution in [2.24, 2.45) is 0 Å². The average molecular weight is 341 g/mol. The van der Waals surface area contributed by atoms with Crippen LogP contribution in [0.5, 0.6) is 0 Å². The van der Waals surface area contributed by atoms with Gasteiger partial charge < -0.3 is 19.7 Å². The molecule has 23 heavy (non-hydrogen) atoms. The Morgan fingerprint density at radius 2 is 1.65 bits per heavy atom. The molecule has 1 amide bonds. The summed E-state index contributed by atoms with van der Waals surface area (Å²) in [5, 5.41) is 0. The van der Waals surface area contributed by atoms with Crippen LogP contribution in [0.2, 0.25) is 0 Å². The summed E-state index contributed by atoms with van der Waals surface area (Å²) in [6, 6.07) is 7.98. The first kappa shape index (κ1) is 15.9. The summed E-state index contributed by atoms with van der Waals surface area (Å²) < 4.78 is 64.0. The van der Waals surface area contributed by atoms with Gasteiger partial charge >= 0.3 is 6.18 Å². The molecule has 0 fully saturated rings. The van der Waals surface area contributed by atoms with E-state index < -0.39 is 28.2 Å². The molecule has 1 aliphatic heterocycles. The summed E-state index contributed by atoms with van der Waals surface area (Å²) in [6.07, 6.45) is -4.64. The second kappa shape index (κ2) is 4.98. The molecular formula is C15H10F3NO3S-2. The highest BCUT2D eigenvalue weighted by molar-refractivity contribution is 8.24. The van der Waals surface area contributed by atoms with Gasteiger partial charge in [-0.05, 0) is 30.3 Å². The van der Waals surface area contributed by atoms with E-state index in [1.165, 1.54) is 31.2 Å². The monoisotopic (exact) mass is 341 g/mol. The van der Waals surface area contributed by atoms with Crippen LogP contribution in [0.4, 0.5) is 24.5 Å². The van der Waals surface area contributed by atoms with E-state index in [0.717, 1.165) is 11.0 Å². The van der Waals surface area contributed by atoms with Crippen LogP contribution in [0.15, 0.2) is 52.3 Å². The molecule has 0 spiro atoms. The minimum absolute atomic E-state index is 0.0480. The van der Waals surface area contributed by atoms with Crippen molar-refractivity contribution in [3.05, 3.63) is 48.0 Å². The summed E-state index contributed by atoms with van der Waals surface area (Å²) >= 11 is 0. The predicted octanol–water partition coefficient (Wildman–Crippen LogP) is 4.19. The highest BCUT2D eigenvalue weighted by Gasteiger charge is 2.34. The quantitative estimate of drug-likeness (QED) is 0.722. The first-order valence-electron chi connectivity index (χ1n) is 6.50. The van der Waals surface area contributed by atoms with Crippen molar-refractivity contribution in [2.75, 3.05) is 4.90 Å². The molecule has 4 nitrogen and oxygen atoms in total. The van der Waals surface area contributed by atoms with Gasteiger partial charge in [0.2, 0.25) is 5.91 Å². The average Bonchev–Trinajstić information content (AvgIpc) is 2.46. The van der Waals surface area contributed by atoms with Crippen LogP contribution >= 0.6 is 10.6 Å². The second-order valence-electron chi connectivity index (χ2n) is 5.01. The Labute approximate surface area is 131 Å². The van der Waals surface area contributed by atoms with E-state index in [4.69, 9.17) is 0 Å². The Morgan fingerprint density at radius 3 is 2.26 bits per heavy atom. The van der Waals surface area contributed by atoms with E-state index in [0.29, 0.717) is 12.1 Å². The van der Waals surface area contributed by atoms with Gasteiger partial charge in [-0.1, -0.05) is 12.1 Å². The molecule has 2 aromatic carbocycles. The number of sulfone groups is 1. The standard InChI is InChI=1S/C15H12F3NO3S/c1-9(20)19-11-4-2-3-5-13(11)23(21,22)14-7-6-10(8-12(14)19)15(16,17)18/h2-8,21-22H,1H3/p-2. The number of halogens is 3. The van der Waals surface area contributed by atoms with E-state index in [9.17, 15) is 27.1 Å². The normalized spacial score (nSPS) is 17.2. The molecule has 0 bridgehead atoms. The summed E-state index contributed by atoms with van der Waals surface area (Å²) in [6.45, 7) is 1.17. The zero-order valence-corrected chi connectivity index (χ0v) is 12.6. The van der Waals surface area contributed by atoms with Crippen molar-refractivity contribution in [1.82, 2.24) is 0 Å². The third kappa shape index (κ3) is 2.39. The van der Waals surface area contributed by atoms with Crippen LogP contribution in [0.3, 0.4) is 0 Å². The third-order valence-corrected chi connectivity index (χ3v) is 5.38. The van der Waals surface area contributed by atoms with Gasteiger partial charge in [-0.25, -0.2) is 0 Å². The fourth-order valence-corrected chi connectivity index (χ4v) is 4.15. The van der Waals surface area contributed by atoms with E-state index in [-0.39, 0.29) is 21.2 Å². The van der Waals surface area contributed by atoms with Crippen molar-refractivity contribution < 1.29 is 27.1 Å². The summed E-state index contributed by atoms with van der Waals surface area (Å²) in [7, 11) is -3.99. The van der Waals surface area contributed by atoms with Gasteiger partial charge in [0.1, 0.15) is 0 Å². The number of rotatable bonds is 0. The highest BCUT2D eigenvalue weighted by atomic mass is 32.3. The van der Waals surface area contributed by atoms with Crippen LogP contribution in [-0.2, 0) is 11.0 Å². The summed E-state index contributed by atoms with van der Waals surface area (Å²) in [4.78, 5) is 12.5. The maximum atomic E-state index is 12.9. The number of para-hydroxylation sites is 1. The first-order valence-corrected chi connectivity index (χ1v) is 7.98. The molecule has 1 aliphatic rings. The van der Waals surface area contributed by atoms with Crippen LogP contribution in [-0.4, -0.2) is 15.0 Å². The zero-order valence-electron chi connectivity index (χ0n) is 11.8. The number of carbonyl (C=O) groups excluding carboxylic acids is 1. The van der Waals surface area contributed by atoms with Crippen molar-refractivity contribution in [1.29, 1.82) is 0 Å². The number of benzene rings is 2. The predicted molar refractivity (Wildman–Crippen MR) is 76.4 cm³/mol. The molecule has 0 N–H and O–H groups in total. The lowest BCUT2D eigenvalue weighted by Crippen LogP contribution is -2.29. The maximum absolute atomic E-state index is 12.9. The van der Waals surface area contributed by atoms with Gasteiger partial charge in [0.25, 0.3) is 0 Å². The lowest BCUT2D eigenvalue weighted by atomic mass is 10.1. The van der Waals surface area contributed by atoms with Crippen molar-refractivity contribution >= 4 is 27.9 Å². The van der Waals surface area contributed by atoms with Crippen molar-refractivity contribution in [3.8, 4) is 0 Å². The molecular weight excluding hydrogens is 331 g/mol. The number of hydrogen-bond acceptors (Lipinski definition) is 3. The van der Waals surface area contributed by atoms with Crippen LogP contribution in [0, 0.1) is 0 Å². The van der Waals surface area contributed by atoms with Crippen LogP contribution in [0.1, 0.15) is 12.5 Å². The van der Waals surface area contributed by atoms with E-state index >= 15 is 0 Å². The summed E-state index contributed by atoms with van der Waals surface area (Å²) in [5.74, 6) is -0.576. The lowest BCUT2D eigenvalue weighted by Gasteiger charge is -2.64. The van der Waals surface area contributed by atoms with Gasteiger partial charge in [-0.2, -0.15) is 13.2 Å². The van der Waals surface area contributed by atoms with E-state index in [1.54, 1.807) is 0 Å². The number of fused-ring (bicyclic) bond motifs is 2. The molecule has 122 valence electrons. The van der Waals surface area contributed by atoms with Crippen molar-refractivity contribution in [3.63, 3.8) is 0 Å². The number of alkyl halides is 3. The fraction of sp³-hybridized carbons (Fsp3) is 0.133. The number of carbonyl (C=O) groups is 1. The van der Waals surface area contributed by atoms with Crippen LogP contribution < -0.4 is 4.90 Å². The molecule has 0 saturated heterocycles. The van der Waals surface area contributed by atoms with Gasteiger partial charge in [0, 0.05) is 16.7 Å². The largest absolute Gasteiger partial charge is 0.792 e. The van der Waals surface area contributed by atoms with Gasteiger partial charge in [0.15, 0.2) is 0 Å². The Bertz CT molecular complexity index is 805. The SMILES string of the molecule is CC(=O)N1c2ccccc2S([O-])([O-])c2ccc(C(F)(F)F)cc21. The zero-order chi connectivity index (χ0) is 17.0. The molecule has 3 rings (SSSR count). The number of nitrogens with zero attached hydrogens (tertiary/aromatic N) is 1. The minimum atomic E-state index is -4.64. The number of hydrogen-bond donors (Lipinski definition) is 0. The first-order chi connectivity index (χ1) is 10.6. The van der Waals surface area contributed by atoms with Gasteiger partial charge in [0.05, 0.1) is 16.9 Å². The Balaban J connectivity index is 2.33. The number of anilines is 2. The Morgan fingerprint density at radius 1 is 1.04 bits per heavy atom. The summed E-state index contributed by atoms with van der Waals surface area (Å²) in [5.41, 5.74) is -1.25. The third-order valence-electron chi connectivity index (χ3n) is 3.53. The smallest absolute Gasteiger partial charge is 0.416 e. The molecule has 0 radical (unpaired) electrons. The number of amides is 1. The van der Waals surface area contributed by atoms with E-state index in [1.807, 2.05) is 0 Å². The molecule has 2 aromatic rings. The topological polar surface area (TPSA) is 66.4 Å². The Hall–Kier alpha value is -2.03. The molecule has 0 unspecified atom stereocenters. The van der Waals surface area contributed by atoms with Gasteiger partial charge in [-0.3, -0.25) is 9.69 Å². The molecule has 0 saturated carbocycles.